The summed E-state index contributed by atoms with van der Waals surface area (Å²) in [6.45, 7) is 14.0. The fraction of sp³-hybridized carbons (Fsp3) is 0.714. The third kappa shape index (κ3) is 2.71. The summed E-state index contributed by atoms with van der Waals surface area (Å²) in [6, 6.07) is 0. The first-order valence-corrected chi connectivity index (χ1v) is 8.93. The molecule has 0 nitrogen and oxygen atoms in total. The Morgan fingerprint density at radius 1 is 0.706 bits per heavy atom. The van der Waals surface area contributed by atoms with Crippen molar-refractivity contribution in [1.82, 2.24) is 0 Å². The second-order valence-corrected chi connectivity index (χ2v) is 9.85. The van der Waals surface area contributed by atoms with E-state index in [-0.39, 0.29) is 10.8 Å². The van der Waals surface area contributed by atoms with Gasteiger partial charge >= 0.3 is 0 Å². The van der Waals surface area contributed by atoms with Gasteiger partial charge in [0.1, 0.15) is 0 Å². The SMILES string of the molecule is CC(C)(C)c1sc(C(C)(C)C)c2c1SCCS2. The molecule has 0 radical (unpaired) electrons. The van der Waals surface area contributed by atoms with E-state index in [9.17, 15) is 0 Å². The van der Waals surface area contributed by atoms with Crippen LogP contribution >= 0.6 is 34.9 Å². The van der Waals surface area contributed by atoms with E-state index in [1.54, 1.807) is 19.5 Å². The van der Waals surface area contributed by atoms with Crippen LogP contribution in [-0.4, -0.2) is 11.5 Å². The average Bonchev–Trinajstić information content (AvgIpc) is 2.55. The van der Waals surface area contributed by atoms with Gasteiger partial charge in [0, 0.05) is 31.1 Å². The topological polar surface area (TPSA) is 0 Å². The molecule has 0 amide bonds. The van der Waals surface area contributed by atoms with Crippen molar-refractivity contribution in [3.63, 3.8) is 0 Å². The summed E-state index contributed by atoms with van der Waals surface area (Å²) >= 11 is 6.18. The highest BCUT2D eigenvalue weighted by molar-refractivity contribution is 8.06. The number of rotatable bonds is 0. The van der Waals surface area contributed by atoms with E-state index >= 15 is 0 Å². The van der Waals surface area contributed by atoms with Crippen LogP contribution < -0.4 is 0 Å². The monoisotopic (exact) mass is 286 g/mol. The van der Waals surface area contributed by atoms with Crippen LogP contribution in [0.2, 0.25) is 0 Å². The molecule has 0 fully saturated rings. The molecule has 0 unspecified atom stereocenters. The van der Waals surface area contributed by atoms with Gasteiger partial charge in [-0.2, -0.15) is 0 Å². The third-order valence-electron chi connectivity index (χ3n) is 2.76. The maximum absolute atomic E-state index is 2.34. The lowest BCUT2D eigenvalue weighted by Gasteiger charge is -2.21. The molecule has 0 spiro atoms. The highest BCUT2D eigenvalue weighted by Gasteiger charge is 2.32. The Kier molecular flexibility index (Phi) is 3.66. The molecule has 0 atom stereocenters. The van der Waals surface area contributed by atoms with Crippen molar-refractivity contribution in [1.29, 1.82) is 0 Å². The zero-order valence-corrected chi connectivity index (χ0v) is 14.1. The summed E-state index contributed by atoms with van der Waals surface area (Å²) in [7, 11) is 0. The second-order valence-electron chi connectivity index (χ2n) is 6.62. The van der Waals surface area contributed by atoms with Crippen molar-refractivity contribution in [2.45, 2.75) is 62.2 Å². The lowest BCUT2D eigenvalue weighted by Crippen LogP contribution is -2.11. The number of thioether (sulfide) groups is 2. The Morgan fingerprint density at radius 2 is 1.06 bits per heavy atom. The zero-order chi connectivity index (χ0) is 12.8. The van der Waals surface area contributed by atoms with Crippen LogP contribution in [0.3, 0.4) is 0 Å². The summed E-state index contributed by atoms with van der Waals surface area (Å²) in [5.41, 5.74) is 0.562. The van der Waals surface area contributed by atoms with Gasteiger partial charge in [0.15, 0.2) is 0 Å². The van der Waals surface area contributed by atoms with Crippen LogP contribution in [0.15, 0.2) is 9.79 Å². The van der Waals surface area contributed by atoms with Crippen molar-refractivity contribution in [2.24, 2.45) is 0 Å². The maximum atomic E-state index is 2.34. The fourth-order valence-corrected chi connectivity index (χ4v) is 6.65. The summed E-state index contributed by atoms with van der Waals surface area (Å²) in [4.78, 5) is 6.36. The molecule has 96 valence electrons. The molecule has 0 saturated carbocycles. The fourth-order valence-electron chi connectivity index (χ4n) is 1.94. The summed E-state index contributed by atoms with van der Waals surface area (Å²) < 4.78 is 0. The quantitative estimate of drug-likeness (QED) is 0.614. The van der Waals surface area contributed by atoms with Crippen LogP contribution in [0.4, 0.5) is 0 Å². The molecule has 0 bridgehead atoms. The minimum atomic E-state index is 0.281. The zero-order valence-electron chi connectivity index (χ0n) is 11.6. The van der Waals surface area contributed by atoms with E-state index in [1.165, 1.54) is 11.5 Å². The smallest absolute Gasteiger partial charge is 0.0356 e. The largest absolute Gasteiger partial charge is 0.142 e. The van der Waals surface area contributed by atoms with Gasteiger partial charge in [-0.3, -0.25) is 0 Å². The Hall–Kier alpha value is 0.400. The van der Waals surface area contributed by atoms with Gasteiger partial charge in [-0.25, -0.2) is 0 Å². The van der Waals surface area contributed by atoms with E-state index < -0.39 is 0 Å². The summed E-state index contributed by atoms with van der Waals surface area (Å²) in [5.74, 6) is 2.53. The van der Waals surface area contributed by atoms with Crippen LogP contribution in [0.5, 0.6) is 0 Å². The van der Waals surface area contributed by atoms with Crippen molar-refractivity contribution in [3.05, 3.63) is 9.75 Å². The Morgan fingerprint density at radius 3 is 1.35 bits per heavy atom. The number of fused-ring (bicyclic) bond motifs is 1. The van der Waals surface area contributed by atoms with E-state index in [2.05, 4.69) is 65.1 Å². The van der Waals surface area contributed by atoms with Crippen LogP contribution in [0, 0.1) is 0 Å². The Bertz CT molecular complexity index is 377. The van der Waals surface area contributed by atoms with Crippen molar-refractivity contribution < 1.29 is 0 Å². The first-order chi connectivity index (χ1) is 7.71. The highest BCUT2D eigenvalue weighted by atomic mass is 32.2. The normalized spacial score (nSPS) is 17.1. The van der Waals surface area contributed by atoms with Crippen molar-refractivity contribution in [2.75, 3.05) is 11.5 Å². The molecular weight excluding hydrogens is 264 g/mol. The first kappa shape index (κ1) is 13.8. The molecule has 0 aromatic carbocycles. The van der Waals surface area contributed by atoms with Crippen molar-refractivity contribution in [3.8, 4) is 0 Å². The van der Waals surface area contributed by atoms with Crippen molar-refractivity contribution >= 4 is 34.9 Å². The van der Waals surface area contributed by atoms with Gasteiger partial charge in [-0.05, 0) is 10.8 Å². The molecule has 1 aromatic heterocycles. The molecule has 0 N–H and O–H groups in total. The molecule has 0 saturated heterocycles. The van der Waals surface area contributed by atoms with Crippen LogP contribution in [0.25, 0.3) is 0 Å². The Labute approximate surface area is 118 Å². The van der Waals surface area contributed by atoms with Crippen LogP contribution in [-0.2, 0) is 10.8 Å². The van der Waals surface area contributed by atoms with Gasteiger partial charge in [0.05, 0.1) is 0 Å². The van der Waals surface area contributed by atoms with Crippen LogP contribution in [0.1, 0.15) is 51.3 Å². The van der Waals surface area contributed by atoms with E-state index in [0.29, 0.717) is 0 Å². The van der Waals surface area contributed by atoms with E-state index in [1.807, 2.05) is 11.3 Å². The molecule has 2 rings (SSSR count). The predicted molar refractivity (Wildman–Crippen MR) is 83.2 cm³/mol. The summed E-state index contributed by atoms with van der Waals surface area (Å²) in [6.07, 6.45) is 0. The van der Waals surface area contributed by atoms with Gasteiger partial charge < -0.3 is 0 Å². The minimum Gasteiger partial charge on any atom is -0.142 e. The molecule has 1 aliphatic rings. The first-order valence-electron chi connectivity index (χ1n) is 6.14. The third-order valence-corrected chi connectivity index (χ3v) is 7.66. The molecular formula is C14H22S3. The molecule has 17 heavy (non-hydrogen) atoms. The predicted octanol–water partition coefficient (Wildman–Crippen LogP) is 5.54. The maximum Gasteiger partial charge on any atom is 0.0356 e. The lowest BCUT2D eigenvalue weighted by atomic mass is 9.93. The number of hydrogen-bond acceptors (Lipinski definition) is 3. The minimum absolute atomic E-state index is 0.281. The molecule has 0 aliphatic carbocycles. The average molecular weight is 287 g/mol. The Balaban J connectivity index is 2.60. The lowest BCUT2D eigenvalue weighted by molar-refractivity contribution is 0.584. The standard InChI is InChI=1S/C14H22S3/c1-13(2,3)11-9-10(16-8-7-15-9)12(17-11)14(4,5)6/h7-8H2,1-6H3. The highest BCUT2D eigenvalue weighted by Crippen LogP contribution is 2.52. The number of thiophene rings is 1. The van der Waals surface area contributed by atoms with Gasteiger partial charge in [-0.1, -0.05) is 41.5 Å². The van der Waals surface area contributed by atoms with E-state index in [0.717, 1.165) is 0 Å². The molecule has 3 heteroatoms. The van der Waals surface area contributed by atoms with Gasteiger partial charge in [0.25, 0.3) is 0 Å². The van der Waals surface area contributed by atoms with E-state index in [4.69, 9.17) is 0 Å². The molecule has 2 heterocycles. The summed E-state index contributed by atoms with van der Waals surface area (Å²) in [5, 5.41) is 0. The number of hydrogen-bond donors (Lipinski definition) is 0. The van der Waals surface area contributed by atoms with Gasteiger partial charge in [-0.15, -0.1) is 34.9 Å². The molecule has 1 aliphatic heterocycles. The second kappa shape index (κ2) is 4.50. The van der Waals surface area contributed by atoms with Gasteiger partial charge in [0.2, 0.25) is 0 Å². The molecule has 1 aromatic rings.